The largest absolute Gasteiger partial charge is 0.616 e. The van der Waals surface area contributed by atoms with Crippen LogP contribution in [0.3, 0.4) is 0 Å². The average Bonchev–Trinajstić information content (AvgIpc) is 2.54. The van der Waals surface area contributed by atoms with Crippen LogP contribution in [0.4, 0.5) is 0 Å². The van der Waals surface area contributed by atoms with Crippen molar-refractivity contribution in [2.24, 2.45) is 4.99 Å². The molecule has 1 unspecified atom stereocenters. The summed E-state index contributed by atoms with van der Waals surface area (Å²) in [6.45, 7) is 0. The van der Waals surface area contributed by atoms with E-state index in [4.69, 9.17) is 4.99 Å². The number of rotatable bonds is 4. The minimum atomic E-state index is -0.984. The van der Waals surface area contributed by atoms with Gasteiger partial charge in [-0.05, 0) is 35.7 Å². The number of aliphatic imine (C=N–C) groups is 1. The second-order valence-electron chi connectivity index (χ2n) is 6.30. The van der Waals surface area contributed by atoms with Crippen LogP contribution in [0.15, 0.2) is 41.4 Å². The Morgan fingerprint density at radius 2 is 1.83 bits per heavy atom. The highest BCUT2D eigenvalue weighted by molar-refractivity contribution is 7.91. The van der Waals surface area contributed by atoms with Gasteiger partial charge in [-0.2, -0.15) is 0 Å². The summed E-state index contributed by atoms with van der Waals surface area (Å²) in [5.74, 6) is 0.617. The van der Waals surface area contributed by atoms with E-state index in [9.17, 15) is 9.66 Å². The summed E-state index contributed by atoms with van der Waals surface area (Å²) >= 11 is -0.984. The number of phenolic OH excluding ortho intramolecular Hbond substituents is 1. The summed E-state index contributed by atoms with van der Waals surface area (Å²) in [5.41, 5.74) is 1.51. The summed E-state index contributed by atoms with van der Waals surface area (Å²) in [7, 11) is 0. The van der Waals surface area contributed by atoms with Crippen molar-refractivity contribution in [3.63, 3.8) is 0 Å². The van der Waals surface area contributed by atoms with Gasteiger partial charge in [0.1, 0.15) is 11.5 Å². The van der Waals surface area contributed by atoms with Gasteiger partial charge in [-0.3, -0.25) is 4.99 Å². The van der Waals surface area contributed by atoms with Gasteiger partial charge in [0.2, 0.25) is 0 Å². The van der Waals surface area contributed by atoms with E-state index in [1.807, 2.05) is 30.3 Å². The molecule has 1 aliphatic carbocycles. The fourth-order valence-corrected chi connectivity index (χ4v) is 3.88. The average molecular weight is 329 g/mol. The maximum atomic E-state index is 11.8. The fourth-order valence-electron chi connectivity index (χ4n) is 3.27. The summed E-state index contributed by atoms with van der Waals surface area (Å²) < 4.78 is 11.8. The Hall–Kier alpha value is -1.52. The minimum absolute atomic E-state index is 0.226. The zero-order chi connectivity index (χ0) is 16.2. The molecule has 2 aromatic rings. The molecule has 0 heterocycles. The molecule has 0 aliphatic heterocycles. The van der Waals surface area contributed by atoms with Gasteiger partial charge in [-0.15, -0.1) is 0 Å². The number of hydrogen-bond acceptors (Lipinski definition) is 3. The molecule has 4 heteroatoms. The van der Waals surface area contributed by atoms with E-state index in [0.29, 0.717) is 11.8 Å². The smallest absolute Gasteiger partial charge is 0.147 e. The number of fused-ring (bicyclic) bond motifs is 1. The summed E-state index contributed by atoms with van der Waals surface area (Å²) in [5, 5.41) is 12.5. The summed E-state index contributed by atoms with van der Waals surface area (Å²) in [6, 6.07) is 12.0. The van der Waals surface area contributed by atoms with Crippen molar-refractivity contribution in [2.75, 3.05) is 12.0 Å². The Labute approximate surface area is 140 Å². The monoisotopic (exact) mass is 329 g/mol. The minimum Gasteiger partial charge on any atom is -0.616 e. The highest BCUT2D eigenvalue weighted by Gasteiger charge is 2.19. The third kappa shape index (κ3) is 4.06. The van der Waals surface area contributed by atoms with Crippen LogP contribution in [0.2, 0.25) is 0 Å². The molecule has 3 rings (SSSR count). The molecular formula is C19H23NO2S. The predicted octanol–water partition coefficient (Wildman–Crippen LogP) is 4.05. The van der Waals surface area contributed by atoms with Crippen LogP contribution in [0.25, 0.3) is 10.8 Å². The molecule has 2 aromatic carbocycles. The van der Waals surface area contributed by atoms with E-state index in [1.165, 1.54) is 19.3 Å². The van der Waals surface area contributed by atoms with Gasteiger partial charge in [0.05, 0.1) is 18.0 Å². The Balaban J connectivity index is 2.01. The van der Waals surface area contributed by atoms with Crippen molar-refractivity contribution in [2.45, 2.75) is 38.1 Å². The number of phenols is 1. The van der Waals surface area contributed by atoms with Crippen molar-refractivity contribution in [1.82, 2.24) is 0 Å². The van der Waals surface area contributed by atoms with Crippen LogP contribution in [0.5, 0.6) is 5.75 Å². The van der Waals surface area contributed by atoms with Crippen molar-refractivity contribution in [3.8, 4) is 5.75 Å². The predicted molar refractivity (Wildman–Crippen MR) is 98.0 cm³/mol. The molecule has 0 amide bonds. The second kappa shape index (κ2) is 7.37. The fraction of sp³-hybridized carbons (Fsp3) is 0.421. The first-order valence-electron chi connectivity index (χ1n) is 8.22. The van der Waals surface area contributed by atoms with E-state index in [2.05, 4.69) is 0 Å². The maximum absolute atomic E-state index is 11.8. The molecule has 0 spiro atoms. The van der Waals surface area contributed by atoms with Gasteiger partial charge in [-0.25, -0.2) is 0 Å². The SMILES string of the molecule is C[S+]([O-])C/C(=N\C1CCCCC1)c1cc2ccccc2cc1O. The quantitative estimate of drug-likeness (QED) is 0.679. The van der Waals surface area contributed by atoms with Crippen molar-refractivity contribution < 1.29 is 9.66 Å². The van der Waals surface area contributed by atoms with E-state index in [1.54, 1.807) is 12.3 Å². The van der Waals surface area contributed by atoms with Crippen LogP contribution in [-0.2, 0) is 11.2 Å². The molecule has 1 atom stereocenters. The molecule has 1 aliphatic rings. The first-order chi connectivity index (χ1) is 11.1. The Bertz CT molecular complexity index is 706. The lowest BCUT2D eigenvalue weighted by atomic mass is 9.95. The molecule has 23 heavy (non-hydrogen) atoms. The topological polar surface area (TPSA) is 55.7 Å². The molecule has 1 fully saturated rings. The molecule has 3 nitrogen and oxygen atoms in total. The maximum Gasteiger partial charge on any atom is 0.147 e. The van der Waals surface area contributed by atoms with E-state index >= 15 is 0 Å². The Morgan fingerprint density at radius 3 is 2.48 bits per heavy atom. The summed E-state index contributed by atoms with van der Waals surface area (Å²) in [6.07, 6.45) is 7.57. The van der Waals surface area contributed by atoms with E-state index < -0.39 is 11.2 Å². The summed E-state index contributed by atoms with van der Waals surface area (Å²) in [4.78, 5) is 4.88. The first kappa shape index (κ1) is 16.3. The normalized spacial score (nSPS) is 18.3. The number of aromatic hydroxyl groups is 1. The zero-order valence-corrected chi connectivity index (χ0v) is 14.3. The molecular weight excluding hydrogens is 306 g/mol. The van der Waals surface area contributed by atoms with Crippen molar-refractivity contribution >= 4 is 27.7 Å². The van der Waals surface area contributed by atoms with Gasteiger partial charge in [0, 0.05) is 5.56 Å². The molecule has 122 valence electrons. The lowest BCUT2D eigenvalue weighted by molar-refractivity contribution is 0.443. The molecule has 1 N–H and O–H groups in total. The number of hydrogen-bond donors (Lipinski definition) is 1. The Morgan fingerprint density at radius 1 is 1.17 bits per heavy atom. The first-order valence-corrected chi connectivity index (χ1v) is 9.95. The van der Waals surface area contributed by atoms with Crippen LogP contribution >= 0.6 is 0 Å². The van der Waals surface area contributed by atoms with Gasteiger partial charge >= 0.3 is 0 Å². The van der Waals surface area contributed by atoms with Gasteiger partial charge < -0.3 is 9.66 Å². The third-order valence-corrected chi connectivity index (χ3v) is 5.11. The third-order valence-electron chi connectivity index (χ3n) is 4.43. The van der Waals surface area contributed by atoms with E-state index in [0.717, 1.165) is 34.9 Å². The molecule has 1 saturated carbocycles. The van der Waals surface area contributed by atoms with Gasteiger partial charge in [0.15, 0.2) is 0 Å². The second-order valence-corrected chi connectivity index (χ2v) is 7.74. The van der Waals surface area contributed by atoms with Crippen LogP contribution in [0.1, 0.15) is 37.7 Å². The number of benzene rings is 2. The lowest BCUT2D eigenvalue weighted by Gasteiger charge is -2.20. The van der Waals surface area contributed by atoms with Gasteiger partial charge in [-0.1, -0.05) is 54.7 Å². The highest BCUT2D eigenvalue weighted by Crippen LogP contribution is 2.28. The standard InChI is InChI=1S/C19H23NO2S/c1-23(22)13-18(20-16-9-3-2-4-10-16)17-11-14-7-5-6-8-15(14)12-19(17)21/h5-8,11-12,16,21H,2-4,9-10,13H2,1H3/b20-18+. The molecule has 0 bridgehead atoms. The van der Waals surface area contributed by atoms with Crippen LogP contribution in [0, 0.1) is 0 Å². The highest BCUT2D eigenvalue weighted by atomic mass is 32.2. The van der Waals surface area contributed by atoms with Crippen molar-refractivity contribution in [3.05, 3.63) is 42.0 Å². The lowest BCUT2D eigenvalue weighted by Crippen LogP contribution is -2.20. The molecule has 0 radical (unpaired) electrons. The molecule has 0 aromatic heterocycles. The molecule has 0 saturated heterocycles. The van der Waals surface area contributed by atoms with Crippen LogP contribution in [-0.4, -0.2) is 33.4 Å². The van der Waals surface area contributed by atoms with Gasteiger partial charge in [0.25, 0.3) is 0 Å². The Kier molecular flexibility index (Phi) is 5.23. The number of nitrogens with zero attached hydrogens (tertiary/aromatic N) is 1. The van der Waals surface area contributed by atoms with Crippen molar-refractivity contribution in [1.29, 1.82) is 0 Å². The zero-order valence-electron chi connectivity index (χ0n) is 13.5. The van der Waals surface area contributed by atoms with Crippen LogP contribution < -0.4 is 0 Å². The van der Waals surface area contributed by atoms with E-state index in [-0.39, 0.29) is 5.75 Å².